The number of hydrogen-bond acceptors (Lipinski definition) is 6. The van der Waals surface area contributed by atoms with Gasteiger partial charge in [-0.05, 0) is 74.4 Å². The summed E-state index contributed by atoms with van der Waals surface area (Å²) in [4.78, 5) is 24.3. The first kappa shape index (κ1) is 27.3. The fourth-order valence-electron chi connectivity index (χ4n) is 3.87. The fraction of sp³-hybridized carbons (Fsp3) is 0.148. The Morgan fingerprint density at radius 3 is 2.45 bits per heavy atom. The van der Waals surface area contributed by atoms with E-state index in [9.17, 15) is 27.5 Å². The van der Waals surface area contributed by atoms with E-state index in [-0.39, 0.29) is 55.8 Å². The van der Waals surface area contributed by atoms with Crippen molar-refractivity contribution in [1.82, 2.24) is 14.5 Å². The number of amides is 1. The molecule has 3 N–H and O–H groups in total. The van der Waals surface area contributed by atoms with Crippen LogP contribution in [-0.2, 0) is 10.0 Å². The second-order valence-corrected chi connectivity index (χ2v) is 11.2. The molecule has 0 atom stereocenters. The maximum atomic E-state index is 13.5. The molecule has 0 radical (unpaired) electrons. The second-order valence-electron chi connectivity index (χ2n) is 9.07. The first-order chi connectivity index (χ1) is 19.0. The number of rotatable bonds is 9. The molecule has 10 nitrogen and oxygen atoms in total. The lowest BCUT2D eigenvalue weighted by Crippen LogP contribution is -2.26. The number of carboxylic acid groups (broad SMARTS) is 1. The molecule has 1 aliphatic carbocycles. The maximum absolute atomic E-state index is 13.5. The van der Waals surface area contributed by atoms with Gasteiger partial charge in [-0.15, -0.1) is 0 Å². The molecule has 5 rings (SSSR count). The molecular weight excluding hydrogens is 563 g/mol. The standard InChI is InChI=1S/C27H22ClFN4O6S/c1-15-24(27(35)36)31-33(19-11-6-16(29)7-12-19)26(15)39-22-13-10-18(14-23(22)40(37,38)32-17-8-9-17)30-25(34)20-4-2-3-5-21(20)28/h2-7,10-14,17,32H,8-9H2,1H3,(H,30,34)(H,35,36). The van der Waals surface area contributed by atoms with E-state index in [0.29, 0.717) is 12.8 Å². The van der Waals surface area contributed by atoms with E-state index >= 15 is 0 Å². The van der Waals surface area contributed by atoms with Crippen molar-refractivity contribution in [2.45, 2.75) is 30.7 Å². The van der Waals surface area contributed by atoms with Gasteiger partial charge in [0.25, 0.3) is 5.91 Å². The van der Waals surface area contributed by atoms with Crippen LogP contribution in [0.25, 0.3) is 5.69 Å². The number of carboxylic acids is 1. The number of sulfonamides is 1. The minimum Gasteiger partial charge on any atom is -0.476 e. The van der Waals surface area contributed by atoms with Gasteiger partial charge in [0.2, 0.25) is 15.9 Å². The van der Waals surface area contributed by atoms with Crippen molar-refractivity contribution < 1.29 is 32.2 Å². The van der Waals surface area contributed by atoms with Crippen molar-refractivity contribution in [3.63, 3.8) is 0 Å². The normalized spacial score (nSPS) is 13.2. The molecule has 3 aromatic carbocycles. The van der Waals surface area contributed by atoms with Crippen molar-refractivity contribution >= 4 is 39.2 Å². The summed E-state index contributed by atoms with van der Waals surface area (Å²) in [5.41, 5.74) is 0.430. The number of nitrogens with zero attached hydrogens (tertiary/aromatic N) is 2. The number of halogens is 2. The maximum Gasteiger partial charge on any atom is 0.356 e. The average molecular weight is 585 g/mol. The molecule has 1 heterocycles. The number of benzene rings is 3. The summed E-state index contributed by atoms with van der Waals surface area (Å²) < 4.78 is 50.0. The molecule has 4 aromatic rings. The van der Waals surface area contributed by atoms with Crippen molar-refractivity contribution in [3.8, 4) is 17.3 Å². The van der Waals surface area contributed by atoms with Crippen LogP contribution in [0.2, 0.25) is 5.02 Å². The highest BCUT2D eigenvalue weighted by Crippen LogP contribution is 2.36. The Morgan fingerprint density at radius 1 is 1.10 bits per heavy atom. The number of aromatic carboxylic acids is 1. The topological polar surface area (TPSA) is 140 Å². The second kappa shape index (κ2) is 10.7. The molecule has 1 amide bonds. The van der Waals surface area contributed by atoms with Gasteiger partial charge in [-0.3, -0.25) is 4.79 Å². The molecule has 0 saturated heterocycles. The molecule has 0 bridgehead atoms. The van der Waals surface area contributed by atoms with Crippen LogP contribution >= 0.6 is 11.6 Å². The predicted molar refractivity (Wildman–Crippen MR) is 144 cm³/mol. The third kappa shape index (κ3) is 5.69. The van der Waals surface area contributed by atoms with E-state index < -0.39 is 27.7 Å². The molecule has 40 heavy (non-hydrogen) atoms. The van der Waals surface area contributed by atoms with Gasteiger partial charge in [0.15, 0.2) is 5.69 Å². The molecule has 1 fully saturated rings. The van der Waals surface area contributed by atoms with Crippen LogP contribution in [0.5, 0.6) is 11.6 Å². The van der Waals surface area contributed by atoms with E-state index in [4.69, 9.17) is 16.3 Å². The van der Waals surface area contributed by atoms with Gasteiger partial charge in [0.05, 0.1) is 16.3 Å². The number of aromatic nitrogens is 2. The lowest BCUT2D eigenvalue weighted by Gasteiger charge is -2.16. The van der Waals surface area contributed by atoms with Gasteiger partial charge in [-0.1, -0.05) is 23.7 Å². The smallest absolute Gasteiger partial charge is 0.356 e. The zero-order valence-corrected chi connectivity index (χ0v) is 22.5. The van der Waals surface area contributed by atoms with Crippen molar-refractivity contribution in [3.05, 3.63) is 94.4 Å². The number of hydrogen-bond donors (Lipinski definition) is 3. The summed E-state index contributed by atoms with van der Waals surface area (Å²) in [6.45, 7) is 1.46. The van der Waals surface area contributed by atoms with Crippen LogP contribution in [0, 0.1) is 12.7 Å². The fourth-order valence-corrected chi connectivity index (χ4v) is 5.55. The molecular formula is C27H22ClFN4O6S. The van der Waals surface area contributed by atoms with E-state index in [0.717, 1.165) is 4.68 Å². The minimum atomic E-state index is -4.13. The van der Waals surface area contributed by atoms with Crippen LogP contribution in [0.3, 0.4) is 0 Å². The molecule has 1 saturated carbocycles. The van der Waals surface area contributed by atoms with Gasteiger partial charge in [0.1, 0.15) is 16.5 Å². The van der Waals surface area contributed by atoms with Crippen LogP contribution < -0.4 is 14.8 Å². The van der Waals surface area contributed by atoms with E-state index in [1.54, 1.807) is 18.2 Å². The van der Waals surface area contributed by atoms with Crippen LogP contribution in [-0.4, -0.2) is 41.2 Å². The highest BCUT2D eigenvalue weighted by atomic mass is 35.5. The van der Waals surface area contributed by atoms with Gasteiger partial charge >= 0.3 is 5.97 Å². The summed E-state index contributed by atoms with van der Waals surface area (Å²) in [5.74, 6) is -2.62. The number of nitrogens with one attached hydrogen (secondary N) is 2. The minimum absolute atomic E-state index is 0.0836. The third-order valence-electron chi connectivity index (χ3n) is 6.06. The predicted octanol–water partition coefficient (Wildman–Crippen LogP) is 5.16. The summed E-state index contributed by atoms with van der Waals surface area (Å²) in [6.07, 6.45) is 1.35. The summed E-state index contributed by atoms with van der Waals surface area (Å²) in [6, 6.07) is 15.3. The molecule has 0 spiro atoms. The van der Waals surface area contributed by atoms with Gasteiger partial charge in [-0.25, -0.2) is 22.3 Å². The third-order valence-corrected chi connectivity index (χ3v) is 7.93. The Bertz CT molecular complexity index is 1740. The number of carbonyl (C=O) groups is 2. The monoisotopic (exact) mass is 584 g/mol. The zero-order chi connectivity index (χ0) is 28.6. The summed E-state index contributed by atoms with van der Waals surface area (Å²) >= 11 is 6.12. The number of ether oxygens (including phenoxy) is 1. The highest BCUT2D eigenvalue weighted by Gasteiger charge is 2.31. The zero-order valence-electron chi connectivity index (χ0n) is 20.9. The molecule has 13 heteroatoms. The first-order valence-electron chi connectivity index (χ1n) is 12.0. The Morgan fingerprint density at radius 2 is 1.80 bits per heavy atom. The highest BCUT2D eigenvalue weighted by molar-refractivity contribution is 7.89. The SMILES string of the molecule is Cc1c(C(=O)O)nn(-c2ccc(F)cc2)c1Oc1ccc(NC(=O)c2ccccc2Cl)cc1S(=O)(=O)NC1CC1. The van der Waals surface area contributed by atoms with Crippen molar-refractivity contribution in [2.24, 2.45) is 0 Å². The number of anilines is 1. The van der Waals surface area contributed by atoms with Gasteiger partial charge in [0, 0.05) is 17.3 Å². The first-order valence-corrected chi connectivity index (χ1v) is 13.9. The summed E-state index contributed by atoms with van der Waals surface area (Å²) in [7, 11) is -4.13. The summed E-state index contributed by atoms with van der Waals surface area (Å²) in [5, 5.41) is 16.6. The van der Waals surface area contributed by atoms with Gasteiger partial charge < -0.3 is 15.2 Å². The van der Waals surface area contributed by atoms with E-state index in [2.05, 4.69) is 15.1 Å². The largest absolute Gasteiger partial charge is 0.476 e. The molecule has 1 aliphatic rings. The lowest BCUT2D eigenvalue weighted by molar-refractivity contribution is 0.0689. The van der Waals surface area contributed by atoms with Crippen molar-refractivity contribution in [1.29, 1.82) is 0 Å². The molecule has 1 aromatic heterocycles. The quantitative estimate of drug-likeness (QED) is 0.247. The van der Waals surface area contributed by atoms with Crippen LogP contribution in [0.1, 0.15) is 39.3 Å². The van der Waals surface area contributed by atoms with Crippen LogP contribution in [0.15, 0.2) is 71.6 Å². The Hall–Kier alpha value is -4.26. The molecule has 0 unspecified atom stereocenters. The van der Waals surface area contributed by atoms with E-state index in [1.807, 2.05) is 0 Å². The van der Waals surface area contributed by atoms with Crippen molar-refractivity contribution in [2.75, 3.05) is 5.32 Å². The average Bonchev–Trinajstić information content (AvgIpc) is 3.66. The van der Waals surface area contributed by atoms with Crippen LogP contribution in [0.4, 0.5) is 10.1 Å². The molecule has 0 aliphatic heterocycles. The number of carbonyl (C=O) groups excluding carboxylic acids is 1. The lowest BCUT2D eigenvalue weighted by atomic mass is 10.2. The Labute approximate surface area is 233 Å². The van der Waals surface area contributed by atoms with Gasteiger partial charge in [-0.2, -0.15) is 9.78 Å². The Kier molecular flexibility index (Phi) is 7.32. The Balaban J connectivity index is 1.57. The molecule has 206 valence electrons. The van der Waals surface area contributed by atoms with E-state index in [1.165, 1.54) is 55.5 Å².